The lowest BCUT2D eigenvalue weighted by Crippen LogP contribution is -2.52. The van der Waals surface area contributed by atoms with Crippen molar-refractivity contribution in [3.8, 4) is 0 Å². The van der Waals surface area contributed by atoms with E-state index in [-0.39, 0.29) is 11.0 Å². The van der Waals surface area contributed by atoms with Gasteiger partial charge in [0.25, 0.3) is 0 Å². The molecule has 1 fully saturated rings. The molecular formula is C17H28N2. The van der Waals surface area contributed by atoms with Crippen LogP contribution in [0.2, 0.25) is 0 Å². The summed E-state index contributed by atoms with van der Waals surface area (Å²) in [6.07, 6.45) is 2.34. The Bertz CT molecular complexity index is 406. The molecule has 0 aromatic heterocycles. The van der Waals surface area contributed by atoms with Gasteiger partial charge in [-0.05, 0) is 59.2 Å². The van der Waals surface area contributed by atoms with E-state index in [2.05, 4.69) is 56.9 Å². The van der Waals surface area contributed by atoms with Crippen LogP contribution in [-0.2, 0) is 5.41 Å². The van der Waals surface area contributed by atoms with Gasteiger partial charge < -0.3 is 5.73 Å². The van der Waals surface area contributed by atoms with Gasteiger partial charge in [-0.15, -0.1) is 0 Å². The first-order valence-corrected chi connectivity index (χ1v) is 7.40. The van der Waals surface area contributed by atoms with E-state index >= 15 is 0 Å². The molecule has 0 atom stereocenters. The second-order valence-electron chi connectivity index (χ2n) is 7.01. The lowest BCUT2D eigenvalue weighted by Gasteiger charge is -2.46. The van der Waals surface area contributed by atoms with E-state index in [9.17, 15) is 0 Å². The summed E-state index contributed by atoms with van der Waals surface area (Å²) in [5, 5.41) is 0. The molecule has 2 heteroatoms. The number of likely N-dealkylation sites (tertiary alicyclic amines) is 1. The number of aryl methyl sites for hydroxylation is 1. The van der Waals surface area contributed by atoms with E-state index in [1.165, 1.54) is 24.0 Å². The van der Waals surface area contributed by atoms with Gasteiger partial charge in [-0.2, -0.15) is 0 Å². The third kappa shape index (κ3) is 3.01. The van der Waals surface area contributed by atoms with Gasteiger partial charge in [0.05, 0.1) is 0 Å². The van der Waals surface area contributed by atoms with Gasteiger partial charge >= 0.3 is 0 Å². The molecule has 1 aliphatic heterocycles. The number of rotatable bonds is 2. The van der Waals surface area contributed by atoms with Gasteiger partial charge in [0.15, 0.2) is 0 Å². The second-order valence-corrected chi connectivity index (χ2v) is 7.01. The minimum Gasteiger partial charge on any atom is -0.330 e. The Hall–Kier alpha value is -0.860. The molecule has 0 saturated carbocycles. The molecule has 0 unspecified atom stereocenters. The highest BCUT2D eigenvalue weighted by Gasteiger charge is 2.37. The van der Waals surface area contributed by atoms with Crippen LogP contribution in [0.3, 0.4) is 0 Å². The van der Waals surface area contributed by atoms with Gasteiger partial charge in [-0.1, -0.05) is 29.8 Å². The van der Waals surface area contributed by atoms with E-state index in [1.54, 1.807) is 0 Å². The molecule has 0 radical (unpaired) electrons. The van der Waals surface area contributed by atoms with Crippen LogP contribution in [0.25, 0.3) is 0 Å². The number of hydrogen-bond donors (Lipinski definition) is 1. The molecule has 0 amide bonds. The predicted molar refractivity (Wildman–Crippen MR) is 82.5 cm³/mol. The lowest BCUT2D eigenvalue weighted by atomic mass is 9.72. The zero-order valence-corrected chi connectivity index (χ0v) is 12.9. The van der Waals surface area contributed by atoms with Gasteiger partial charge in [-0.25, -0.2) is 0 Å². The Morgan fingerprint density at radius 1 is 1.11 bits per heavy atom. The van der Waals surface area contributed by atoms with E-state index < -0.39 is 0 Å². The molecule has 19 heavy (non-hydrogen) atoms. The average Bonchev–Trinajstić information content (AvgIpc) is 2.38. The fraction of sp³-hybridized carbons (Fsp3) is 0.647. The van der Waals surface area contributed by atoms with Crippen molar-refractivity contribution in [2.75, 3.05) is 19.6 Å². The first-order valence-electron chi connectivity index (χ1n) is 7.40. The van der Waals surface area contributed by atoms with Crippen LogP contribution in [-0.4, -0.2) is 30.1 Å². The van der Waals surface area contributed by atoms with E-state index in [1.807, 2.05) is 0 Å². The van der Waals surface area contributed by atoms with E-state index in [4.69, 9.17) is 5.73 Å². The van der Waals surface area contributed by atoms with Gasteiger partial charge in [-0.3, -0.25) is 4.90 Å². The molecule has 0 spiro atoms. The van der Waals surface area contributed by atoms with Gasteiger partial charge in [0.1, 0.15) is 0 Å². The molecule has 1 aromatic carbocycles. The number of benzene rings is 1. The van der Waals surface area contributed by atoms with E-state index in [0.717, 1.165) is 19.6 Å². The van der Waals surface area contributed by atoms with Crippen LogP contribution in [0, 0.1) is 6.92 Å². The van der Waals surface area contributed by atoms with Crippen molar-refractivity contribution in [1.29, 1.82) is 0 Å². The normalized spacial score (nSPS) is 20.5. The fourth-order valence-corrected chi connectivity index (χ4v) is 3.12. The Morgan fingerprint density at radius 3 is 2.05 bits per heavy atom. The summed E-state index contributed by atoms with van der Waals surface area (Å²) in [5.41, 5.74) is 9.35. The van der Waals surface area contributed by atoms with Crippen LogP contribution >= 0.6 is 0 Å². The first kappa shape index (κ1) is 14.5. The Morgan fingerprint density at radius 2 is 1.63 bits per heavy atom. The molecule has 0 aliphatic carbocycles. The average molecular weight is 260 g/mol. The van der Waals surface area contributed by atoms with Crippen LogP contribution in [0.5, 0.6) is 0 Å². The lowest BCUT2D eigenvalue weighted by molar-refractivity contribution is 0.0764. The van der Waals surface area contributed by atoms with Crippen molar-refractivity contribution in [3.05, 3.63) is 35.4 Å². The highest BCUT2D eigenvalue weighted by Crippen LogP contribution is 2.36. The molecule has 1 heterocycles. The highest BCUT2D eigenvalue weighted by molar-refractivity contribution is 5.30. The summed E-state index contributed by atoms with van der Waals surface area (Å²) in [4.78, 5) is 2.58. The summed E-state index contributed by atoms with van der Waals surface area (Å²) in [7, 11) is 0. The maximum absolute atomic E-state index is 6.14. The molecular weight excluding hydrogens is 232 g/mol. The quantitative estimate of drug-likeness (QED) is 0.885. The number of nitrogens with two attached hydrogens (primary N) is 1. The molecule has 2 nitrogen and oxygen atoms in total. The van der Waals surface area contributed by atoms with Gasteiger partial charge in [0, 0.05) is 17.5 Å². The maximum atomic E-state index is 6.14. The fourth-order valence-electron chi connectivity index (χ4n) is 3.12. The van der Waals surface area contributed by atoms with Crippen molar-refractivity contribution >= 4 is 0 Å². The molecule has 1 saturated heterocycles. The minimum atomic E-state index is 0.190. The summed E-state index contributed by atoms with van der Waals surface area (Å²) in [6, 6.07) is 8.97. The third-order valence-corrected chi connectivity index (χ3v) is 4.72. The summed E-state index contributed by atoms with van der Waals surface area (Å²) >= 11 is 0. The van der Waals surface area contributed by atoms with Crippen molar-refractivity contribution in [3.63, 3.8) is 0 Å². The topological polar surface area (TPSA) is 29.3 Å². The largest absolute Gasteiger partial charge is 0.330 e. The Balaban J connectivity index is 2.16. The van der Waals surface area contributed by atoms with Crippen LogP contribution in [0.1, 0.15) is 44.7 Å². The van der Waals surface area contributed by atoms with Crippen LogP contribution < -0.4 is 5.73 Å². The molecule has 0 bridgehead atoms. The van der Waals surface area contributed by atoms with Crippen molar-refractivity contribution in [2.45, 2.75) is 51.5 Å². The van der Waals surface area contributed by atoms with Crippen LogP contribution in [0.4, 0.5) is 0 Å². The van der Waals surface area contributed by atoms with Crippen LogP contribution in [0.15, 0.2) is 24.3 Å². The zero-order chi connectivity index (χ0) is 14.1. The summed E-state index contributed by atoms with van der Waals surface area (Å²) in [6.45, 7) is 12.1. The van der Waals surface area contributed by atoms with E-state index in [0.29, 0.717) is 0 Å². The highest BCUT2D eigenvalue weighted by atomic mass is 15.2. The standard InChI is InChI=1S/C17H28N2/c1-14-5-7-15(8-6-14)17(13-18)9-11-19(12-10-17)16(2,3)4/h5-8H,9-13,18H2,1-4H3. The number of hydrogen-bond acceptors (Lipinski definition) is 2. The van der Waals surface area contributed by atoms with Gasteiger partial charge in [0.2, 0.25) is 0 Å². The summed E-state index contributed by atoms with van der Waals surface area (Å²) in [5.74, 6) is 0. The second kappa shape index (κ2) is 5.26. The molecule has 1 aliphatic rings. The number of piperidine rings is 1. The number of nitrogens with zero attached hydrogens (tertiary/aromatic N) is 1. The zero-order valence-electron chi connectivity index (χ0n) is 12.9. The molecule has 1 aromatic rings. The van der Waals surface area contributed by atoms with Crippen molar-refractivity contribution in [1.82, 2.24) is 4.90 Å². The first-order chi connectivity index (χ1) is 8.87. The smallest absolute Gasteiger partial charge is 0.0125 e. The molecule has 106 valence electrons. The molecule has 2 N–H and O–H groups in total. The SMILES string of the molecule is Cc1ccc(C2(CN)CCN(C(C)(C)C)CC2)cc1. The summed E-state index contributed by atoms with van der Waals surface area (Å²) < 4.78 is 0. The van der Waals surface area contributed by atoms with Crippen molar-refractivity contribution < 1.29 is 0 Å². The van der Waals surface area contributed by atoms with Crippen molar-refractivity contribution in [2.24, 2.45) is 5.73 Å². The molecule has 2 rings (SSSR count). The third-order valence-electron chi connectivity index (χ3n) is 4.72. The maximum Gasteiger partial charge on any atom is 0.0125 e. The Labute approximate surface area is 118 Å². The predicted octanol–water partition coefficient (Wildman–Crippen LogP) is 3.09. The minimum absolute atomic E-state index is 0.190. The Kier molecular flexibility index (Phi) is 4.03. The monoisotopic (exact) mass is 260 g/mol.